The lowest BCUT2D eigenvalue weighted by Crippen LogP contribution is -2.10. The molecule has 36 heavy (non-hydrogen) atoms. The van der Waals surface area contributed by atoms with Crippen molar-refractivity contribution >= 4 is 5.97 Å². The molecule has 0 aliphatic carbocycles. The van der Waals surface area contributed by atoms with Crippen molar-refractivity contribution in [3.8, 4) is 23.3 Å². The van der Waals surface area contributed by atoms with E-state index in [2.05, 4.69) is 11.8 Å². The molecular formula is C29H27F3O4. The van der Waals surface area contributed by atoms with Crippen molar-refractivity contribution in [2.24, 2.45) is 0 Å². The minimum Gasteiger partial charge on any atom is -0.506 e. The second-order valence-electron chi connectivity index (χ2n) is 8.92. The molecule has 3 rings (SSSR count). The van der Waals surface area contributed by atoms with E-state index in [4.69, 9.17) is 9.84 Å². The number of ether oxygens (including phenoxy) is 1. The molecule has 3 aromatic rings. The van der Waals surface area contributed by atoms with Crippen molar-refractivity contribution in [3.05, 3.63) is 93.0 Å². The van der Waals surface area contributed by atoms with Gasteiger partial charge in [-0.15, -0.1) is 0 Å². The fourth-order valence-electron chi connectivity index (χ4n) is 4.00. The van der Waals surface area contributed by atoms with Gasteiger partial charge in [0, 0.05) is 5.56 Å². The normalized spacial score (nSPS) is 11.2. The molecule has 0 spiro atoms. The van der Waals surface area contributed by atoms with Gasteiger partial charge in [0.2, 0.25) is 0 Å². The van der Waals surface area contributed by atoms with Crippen molar-refractivity contribution in [1.29, 1.82) is 0 Å². The molecule has 188 valence electrons. The molecular weight excluding hydrogens is 469 g/mol. The molecule has 4 nitrogen and oxygen atoms in total. The number of carboxylic acids is 1. The Balaban J connectivity index is 2.03. The first kappa shape index (κ1) is 26.7. The summed E-state index contributed by atoms with van der Waals surface area (Å²) in [5.41, 5.74) is 3.57. The van der Waals surface area contributed by atoms with E-state index in [1.807, 2.05) is 33.8 Å². The molecule has 0 aliphatic rings. The average molecular weight is 497 g/mol. The number of hydrogen-bond acceptors (Lipinski definition) is 3. The smallest absolute Gasteiger partial charge is 0.417 e. The molecule has 0 heterocycles. The lowest BCUT2D eigenvalue weighted by atomic mass is 9.91. The van der Waals surface area contributed by atoms with Crippen molar-refractivity contribution in [3.63, 3.8) is 0 Å². The number of phenolic OH excluding ortho intramolecular Hbond substituents is 1. The van der Waals surface area contributed by atoms with Crippen LogP contribution in [-0.4, -0.2) is 22.8 Å². The maximum atomic E-state index is 13.4. The Morgan fingerprint density at radius 1 is 1.00 bits per heavy atom. The first-order chi connectivity index (χ1) is 16.9. The lowest BCUT2D eigenvalue weighted by Gasteiger charge is -2.16. The van der Waals surface area contributed by atoms with Crippen LogP contribution in [0.1, 0.15) is 64.3 Å². The molecule has 0 fully saturated rings. The zero-order valence-corrected chi connectivity index (χ0v) is 20.5. The van der Waals surface area contributed by atoms with E-state index in [1.54, 1.807) is 18.2 Å². The Morgan fingerprint density at radius 3 is 2.19 bits per heavy atom. The minimum atomic E-state index is -4.53. The summed E-state index contributed by atoms with van der Waals surface area (Å²) in [6.45, 7) is 7.19. The highest BCUT2D eigenvalue weighted by Gasteiger charge is 2.32. The van der Waals surface area contributed by atoms with Gasteiger partial charge in [0.05, 0.1) is 11.1 Å². The SMILES string of the molecule is Cc1cc(OCC(=O)O)cc(C)c1Cc1cc(C#Cc2ccccc2C(F)(F)F)c(O)c(C(C)C)c1. The molecule has 0 amide bonds. The first-order valence-electron chi connectivity index (χ1n) is 11.4. The van der Waals surface area contributed by atoms with E-state index < -0.39 is 24.3 Å². The number of phenols is 1. The summed E-state index contributed by atoms with van der Waals surface area (Å²) in [6, 6.07) is 12.2. The van der Waals surface area contributed by atoms with Crippen LogP contribution in [0.2, 0.25) is 0 Å². The summed E-state index contributed by atoms with van der Waals surface area (Å²) >= 11 is 0. The largest absolute Gasteiger partial charge is 0.506 e. The van der Waals surface area contributed by atoms with Gasteiger partial charge in [0.1, 0.15) is 11.5 Å². The molecule has 0 bridgehead atoms. The van der Waals surface area contributed by atoms with Gasteiger partial charge < -0.3 is 14.9 Å². The Kier molecular flexibility index (Phi) is 7.99. The van der Waals surface area contributed by atoms with Crippen LogP contribution in [0.5, 0.6) is 11.5 Å². The van der Waals surface area contributed by atoms with Crippen LogP contribution in [0.15, 0.2) is 48.5 Å². The summed E-state index contributed by atoms with van der Waals surface area (Å²) in [7, 11) is 0. The van der Waals surface area contributed by atoms with Crippen molar-refractivity contribution in [1.82, 2.24) is 0 Å². The number of aliphatic carboxylic acids is 1. The number of rotatable bonds is 6. The molecule has 0 unspecified atom stereocenters. The summed E-state index contributed by atoms with van der Waals surface area (Å²) < 4.78 is 45.4. The molecule has 0 aromatic heterocycles. The van der Waals surface area contributed by atoms with E-state index in [-0.39, 0.29) is 22.8 Å². The number of aromatic hydroxyl groups is 1. The molecule has 7 heteroatoms. The zero-order valence-electron chi connectivity index (χ0n) is 20.5. The number of alkyl halides is 3. The predicted octanol–water partition coefficient (Wildman–Crippen LogP) is 6.61. The predicted molar refractivity (Wildman–Crippen MR) is 131 cm³/mol. The van der Waals surface area contributed by atoms with Crippen LogP contribution in [0.4, 0.5) is 13.2 Å². The van der Waals surface area contributed by atoms with Gasteiger partial charge in [0.25, 0.3) is 0 Å². The van der Waals surface area contributed by atoms with Crippen LogP contribution < -0.4 is 4.74 Å². The summed E-state index contributed by atoms with van der Waals surface area (Å²) in [4.78, 5) is 10.8. The topological polar surface area (TPSA) is 66.8 Å². The van der Waals surface area contributed by atoms with Crippen LogP contribution in [0.25, 0.3) is 0 Å². The van der Waals surface area contributed by atoms with Gasteiger partial charge in [-0.1, -0.05) is 43.9 Å². The second kappa shape index (κ2) is 10.8. The third-order valence-electron chi connectivity index (χ3n) is 5.80. The molecule has 3 aromatic carbocycles. The third kappa shape index (κ3) is 6.39. The summed E-state index contributed by atoms with van der Waals surface area (Å²) in [5, 5.41) is 19.7. The van der Waals surface area contributed by atoms with Gasteiger partial charge in [-0.3, -0.25) is 0 Å². The number of carbonyl (C=O) groups is 1. The van der Waals surface area contributed by atoms with Crippen LogP contribution in [-0.2, 0) is 17.4 Å². The van der Waals surface area contributed by atoms with Crippen LogP contribution in [0, 0.1) is 25.7 Å². The van der Waals surface area contributed by atoms with E-state index in [0.717, 1.165) is 28.3 Å². The third-order valence-corrected chi connectivity index (χ3v) is 5.80. The van der Waals surface area contributed by atoms with E-state index >= 15 is 0 Å². The van der Waals surface area contributed by atoms with Gasteiger partial charge in [-0.2, -0.15) is 13.2 Å². The number of aryl methyl sites for hydroxylation is 2. The molecule has 0 aliphatic heterocycles. The number of halogens is 3. The van der Waals surface area contributed by atoms with E-state index in [0.29, 0.717) is 17.7 Å². The minimum absolute atomic E-state index is 0.0399. The lowest BCUT2D eigenvalue weighted by molar-refractivity contribution is -0.139. The quantitative estimate of drug-likeness (QED) is 0.377. The fourth-order valence-corrected chi connectivity index (χ4v) is 4.00. The Bertz CT molecular complexity index is 1320. The molecule has 0 saturated heterocycles. The summed E-state index contributed by atoms with van der Waals surface area (Å²) in [6.07, 6.45) is -4.04. The molecule has 0 radical (unpaired) electrons. The van der Waals surface area contributed by atoms with Crippen molar-refractivity contribution in [2.75, 3.05) is 6.61 Å². The fraction of sp³-hybridized carbons (Fsp3) is 0.276. The maximum absolute atomic E-state index is 13.4. The number of carboxylic acid groups (broad SMARTS) is 1. The van der Waals surface area contributed by atoms with Gasteiger partial charge in [0.15, 0.2) is 6.61 Å². The van der Waals surface area contributed by atoms with Crippen LogP contribution >= 0.6 is 0 Å². The Hall–Kier alpha value is -3.92. The monoisotopic (exact) mass is 496 g/mol. The van der Waals surface area contributed by atoms with Gasteiger partial charge in [-0.05, 0) is 84.3 Å². The molecule has 2 N–H and O–H groups in total. The van der Waals surface area contributed by atoms with Crippen molar-refractivity contribution in [2.45, 2.75) is 46.2 Å². The van der Waals surface area contributed by atoms with Crippen LogP contribution in [0.3, 0.4) is 0 Å². The standard InChI is InChI=1S/C29H27F3O4/c1-17(2)24-14-20(15-25-18(3)11-23(12-19(25)4)36-16-27(33)34)13-22(28(24)35)10-9-21-7-5-6-8-26(21)29(30,31)32/h5-8,11-14,17,35H,15-16H2,1-4H3,(H,33,34). The van der Waals surface area contributed by atoms with E-state index in [9.17, 15) is 23.1 Å². The number of hydrogen-bond donors (Lipinski definition) is 2. The second-order valence-corrected chi connectivity index (χ2v) is 8.92. The molecule has 0 saturated carbocycles. The Labute approximate surface area is 208 Å². The van der Waals surface area contributed by atoms with E-state index in [1.165, 1.54) is 18.2 Å². The van der Waals surface area contributed by atoms with Gasteiger partial charge in [-0.25, -0.2) is 4.79 Å². The average Bonchev–Trinajstić information content (AvgIpc) is 2.79. The zero-order chi connectivity index (χ0) is 26.6. The summed E-state index contributed by atoms with van der Waals surface area (Å²) in [5.74, 6) is 4.66. The first-order valence-corrected chi connectivity index (χ1v) is 11.4. The highest BCUT2D eigenvalue weighted by Crippen LogP contribution is 2.34. The van der Waals surface area contributed by atoms with Gasteiger partial charge >= 0.3 is 12.1 Å². The maximum Gasteiger partial charge on any atom is 0.417 e. The van der Waals surface area contributed by atoms with Crippen molar-refractivity contribution < 1.29 is 32.9 Å². The highest BCUT2D eigenvalue weighted by atomic mass is 19.4. The highest BCUT2D eigenvalue weighted by molar-refractivity contribution is 5.68. The number of benzene rings is 3. The Morgan fingerprint density at radius 2 is 1.61 bits per heavy atom. The molecule has 0 atom stereocenters.